The Kier molecular flexibility index (Phi) is 9.04. The van der Waals surface area contributed by atoms with Crippen LogP contribution < -0.4 is 22.5 Å². The van der Waals surface area contributed by atoms with E-state index in [4.69, 9.17) is 14.7 Å². The van der Waals surface area contributed by atoms with Crippen LogP contribution in [0.5, 0.6) is 0 Å². The third-order valence-corrected chi connectivity index (χ3v) is 6.00. The largest absolute Gasteiger partial charge is 0.694 e. The van der Waals surface area contributed by atoms with Crippen LogP contribution in [0.2, 0.25) is 0 Å². The van der Waals surface area contributed by atoms with Crippen molar-refractivity contribution in [2.75, 3.05) is 13.2 Å². The molecule has 0 aromatic carbocycles. The number of nitrogens with zero attached hydrogens (tertiary/aromatic N) is 2. The summed E-state index contributed by atoms with van der Waals surface area (Å²) in [6.45, 7) is 0.863. The van der Waals surface area contributed by atoms with E-state index in [2.05, 4.69) is 14.2 Å². The number of nitrogens with one attached hydrogen (secondary N) is 2. The first-order valence-electron chi connectivity index (χ1n) is 10.8. The van der Waals surface area contributed by atoms with E-state index in [1.54, 1.807) is 11.9 Å². The van der Waals surface area contributed by atoms with Gasteiger partial charge in [0.05, 0.1) is 12.7 Å². The van der Waals surface area contributed by atoms with Crippen LogP contribution in [0.25, 0.3) is 0 Å². The minimum atomic E-state index is -3.05. The molecular formula is C19H25FN4O12P+. The van der Waals surface area contributed by atoms with Crippen molar-refractivity contribution in [2.24, 2.45) is 0 Å². The molecule has 2 aliphatic rings. The van der Waals surface area contributed by atoms with Crippen LogP contribution in [0.3, 0.4) is 0 Å². The van der Waals surface area contributed by atoms with E-state index in [-0.39, 0.29) is 12.7 Å². The van der Waals surface area contributed by atoms with Crippen molar-refractivity contribution in [2.45, 2.75) is 56.4 Å². The molecule has 0 spiro atoms. The van der Waals surface area contributed by atoms with Gasteiger partial charge in [0.1, 0.15) is 25.0 Å². The molecular weight excluding hydrogens is 526 g/mol. The number of H-pyrrole nitrogens is 2. The van der Waals surface area contributed by atoms with Gasteiger partial charge in [0.2, 0.25) is 0 Å². The number of aromatic nitrogens is 4. The fraction of sp³-hybridized carbons (Fsp3) is 0.579. The van der Waals surface area contributed by atoms with Crippen molar-refractivity contribution in [1.29, 1.82) is 0 Å². The Morgan fingerprint density at radius 3 is 2.51 bits per heavy atom. The van der Waals surface area contributed by atoms with Gasteiger partial charge in [-0.2, -0.15) is 4.39 Å². The van der Waals surface area contributed by atoms with Crippen molar-refractivity contribution in [3.63, 3.8) is 0 Å². The number of hydrogen-bond donors (Lipinski definition) is 6. The molecule has 2 saturated heterocycles. The Morgan fingerprint density at radius 2 is 1.92 bits per heavy atom. The molecule has 7 atom stereocenters. The highest BCUT2D eigenvalue weighted by atomic mass is 31.1. The summed E-state index contributed by atoms with van der Waals surface area (Å²) in [5, 5.41) is 27.8. The number of halogens is 1. The highest BCUT2D eigenvalue weighted by molar-refractivity contribution is 7.32. The lowest BCUT2D eigenvalue weighted by atomic mass is 10.1. The zero-order chi connectivity index (χ0) is 27.5. The van der Waals surface area contributed by atoms with Gasteiger partial charge in [-0.05, 0) is 19.8 Å². The summed E-state index contributed by atoms with van der Waals surface area (Å²) in [6.07, 6.45) is -2.55. The van der Waals surface area contributed by atoms with E-state index < -0.39 is 67.9 Å². The standard InChI is InChI=1S/C10H13N2O6P.C9H11FN2O6/c1-6-4-12(10(14)11-9(6)13)8-3-2-7(18-8)5-17-19(15)16;10-9(7(16)6(15)4(3-13)18-9)12-2-1-5(14)11-8(12)17/h4,7-8H,2-3,5H2,1H3,(H-,11,13,14,15,16);1-2,4,6-7,13,15-16H,3H2,(H,11,14,17)/p+1. The number of ether oxygens (including phenoxy) is 2. The van der Waals surface area contributed by atoms with Crippen LogP contribution in [-0.2, 0) is 24.5 Å². The van der Waals surface area contributed by atoms with Crippen molar-refractivity contribution in [1.82, 2.24) is 19.1 Å². The number of rotatable bonds is 6. The smallest absolute Gasteiger partial charge is 0.394 e. The number of aromatic amines is 2. The molecule has 2 aliphatic heterocycles. The Bertz CT molecular complexity index is 1360. The molecule has 2 aromatic heterocycles. The Balaban J connectivity index is 0.000000206. The average Bonchev–Trinajstić information content (AvgIpc) is 3.39. The monoisotopic (exact) mass is 551 g/mol. The molecule has 18 heteroatoms. The Morgan fingerprint density at radius 1 is 1.22 bits per heavy atom. The topological polar surface area (TPSA) is 235 Å². The molecule has 4 rings (SSSR count). The van der Waals surface area contributed by atoms with Crippen molar-refractivity contribution >= 4 is 8.25 Å². The van der Waals surface area contributed by atoms with Crippen LogP contribution in [-0.4, -0.2) is 76.9 Å². The molecule has 0 bridgehead atoms. The van der Waals surface area contributed by atoms with Gasteiger partial charge in [-0.1, -0.05) is 0 Å². The average molecular weight is 551 g/mol. The van der Waals surface area contributed by atoms with Crippen LogP contribution in [0.4, 0.5) is 4.39 Å². The number of aliphatic hydroxyl groups is 3. The van der Waals surface area contributed by atoms with E-state index >= 15 is 0 Å². The summed E-state index contributed by atoms with van der Waals surface area (Å²) in [5.74, 6) is -3.05. The van der Waals surface area contributed by atoms with Gasteiger partial charge in [-0.15, -0.1) is 9.42 Å². The van der Waals surface area contributed by atoms with Crippen LogP contribution in [0.1, 0.15) is 24.6 Å². The van der Waals surface area contributed by atoms with Crippen LogP contribution in [0, 0.1) is 6.92 Å². The van der Waals surface area contributed by atoms with E-state index in [9.17, 15) is 38.3 Å². The highest BCUT2D eigenvalue weighted by Gasteiger charge is 2.57. The molecule has 4 heterocycles. The fourth-order valence-corrected chi connectivity index (χ4v) is 4.02. The molecule has 0 aliphatic carbocycles. The number of aliphatic hydroxyl groups excluding tert-OH is 3. The van der Waals surface area contributed by atoms with E-state index in [1.165, 1.54) is 10.8 Å². The molecule has 37 heavy (non-hydrogen) atoms. The molecule has 2 aromatic rings. The van der Waals surface area contributed by atoms with Gasteiger partial charge in [-0.25, -0.2) is 14.2 Å². The van der Waals surface area contributed by atoms with Crippen molar-refractivity contribution in [3.8, 4) is 0 Å². The molecule has 0 saturated carbocycles. The van der Waals surface area contributed by atoms with Gasteiger partial charge in [0.15, 0.2) is 6.10 Å². The van der Waals surface area contributed by atoms with Gasteiger partial charge >= 0.3 is 25.6 Å². The first-order chi connectivity index (χ1) is 17.4. The second-order valence-corrected chi connectivity index (χ2v) is 8.90. The molecule has 204 valence electrons. The maximum absolute atomic E-state index is 14.4. The molecule has 0 radical (unpaired) electrons. The summed E-state index contributed by atoms with van der Waals surface area (Å²) in [7, 11) is -2.65. The second-order valence-electron chi connectivity index (χ2n) is 8.17. The van der Waals surface area contributed by atoms with Crippen molar-refractivity contribution in [3.05, 3.63) is 65.7 Å². The third kappa shape index (κ3) is 6.34. The normalized spacial score (nSPS) is 29.6. The van der Waals surface area contributed by atoms with E-state index in [0.29, 0.717) is 23.0 Å². The van der Waals surface area contributed by atoms with E-state index in [1.807, 2.05) is 0 Å². The molecule has 6 N–H and O–H groups in total. The van der Waals surface area contributed by atoms with Crippen LogP contribution >= 0.6 is 8.25 Å². The summed E-state index contributed by atoms with van der Waals surface area (Å²) in [5.41, 5.74) is -2.42. The lowest BCUT2D eigenvalue weighted by molar-refractivity contribution is -0.239. The predicted molar refractivity (Wildman–Crippen MR) is 119 cm³/mol. The first-order valence-corrected chi connectivity index (χ1v) is 11.9. The molecule has 7 unspecified atom stereocenters. The summed E-state index contributed by atoms with van der Waals surface area (Å²) < 4.78 is 41.2. The zero-order valence-electron chi connectivity index (χ0n) is 19.2. The Hall–Kier alpha value is -2.89. The third-order valence-electron chi connectivity index (χ3n) is 5.63. The van der Waals surface area contributed by atoms with Gasteiger partial charge < -0.3 is 24.8 Å². The van der Waals surface area contributed by atoms with Gasteiger partial charge in [-0.3, -0.25) is 24.1 Å². The second kappa shape index (κ2) is 11.7. The zero-order valence-corrected chi connectivity index (χ0v) is 20.1. The molecule has 0 amide bonds. The minimum absolute atomic E-state index is 0.000705. The summed E-state index contributed by atoms with van der Waals surface area (Å²) >= 11 is 0. The minimum Gasteiger partial charge on any atom is -0.394 e. The lowest BCUT2D eigenvalue weighted by Crippen LogP contribution is -2.48. The van der Waals surface area contributed by atoms with Gasteiger partial charge in [0.25, 0.3) is 11.1 Å². The Labute approximate surface area is 206 Å². The number of aryl methyl sites for hydroxylation is 1. The van der Waals surface area contributed by atoms with Gasteiger partial charge in [0, 0.05) is 28.6 Å². The highest BCUT2D eigenvalue weighted by Crippen LogP contribution is 2.35. The molecule has 2 fully saturated rings. The maximum Gasteiger partial charge on any atom is 0.694 e. The molecule has 16 nitrogen and oxygen atoms in total. The SMILES string of the molecule is Cc1cn(C2CCC(CO[P+](=O)O)O2)c(=O)[nH]c1=O.O=c1ccn(C2(F)OC(CO)C(O)C2O)c(=O)[nH]1. The fourth-order valence-electron chi connectivity index (χ4n) is 3.73. The summed E-state index contributed by atoms with van der Waals surface area (Å²) in [4.78, 5) is 57.7. The van der Waals surface area contributed by atoms with Crippen molar-refractivity contribution < 1.29 is 43.2 Å². The number of alkyl halides is 1. The first kappa shape index (κ1) is 28.7. The van der Waals surface area contributed by atoms with E-state index in [0.717, 1.165) is 12.3 Å². The quantitative estimate of drug-likeness (QED) is 0.203. The lowest BCUT2D eigenvalue weighted by Gasteiger charge is -2.24. The van der Waals surface area contributed by atoms with Crippen LogP contribution in [0.15, 0.2) is 37.6 Å². The summed E-state index contributed by atoms with van der Waals surface area (Å²) in [6, 6.07) is 0.859. The predicted octanol–water partition coefficient (Wildman–Crippen LogP) is -2.58. The maximum atomic E-state index is 14.4. The number of hydrogen-bond acceptors (Lipinski definition) is 11.